The molecule has 1 aromatic heterocycles. The number of benzene rings is 1. The number of aromatic nitrogens is 1. The number of hydrogen-bond donors (Lipinski definition) is 2. The first kappa shape index (κ1) is 17.3. The van der Waals surface area contributed by atoms with E-state index in [9.17, 15) is 4.79 Å². The highest BCUT2D eigenvalue weighted by Gasteiger charge is 2.54. The summed E-state index contributed by atoms with van der Waals surface area (Å²) in [4.78, 5) is 16.6. The fourth-order valence-corrected chi connectivity index (χ4v) is 5.06. The van der Waals surface area contributed by atoms with Gasteiger partial charge in [0.1, 0.15) is 5.52 Å². The minimum Gasteiger partial charge on any atom is -0.440 e. The monoisotopic (exact) mass is 389 g/mol. The van der Waals surface area contributed by atoms with E-state index in [0.29, 0.717) is 28.8 Å². The largest absolute Gasteiger partial charge is 0.440 e. The van der Waals surface area contributed by atoms with Crippen LogP contribution in [0.2, 0.25) is 5.02 Å². The predicted octanol–water partition coefficient (Wildman–Crippen LogP) is 3.84. The smallest absolute Gasteiger partial charge is 0.315 e. The highest BCUT2D eigenvalue weighted by atomic mass is 35.5. The molecule has 3 aliphatic rings. The number of nitrogens with one attached hydrogen (secondary N) is 2. The van der Waals surface area contributed by atoms with E-state index in [0.717, 1.165) is 62.3 Å². The second kappa shape index (κ2) is 6.67. The summed E-state index contributed by atoms with van der Waals surface area (Å²) in [6.45, 7) is 2.27. The first-order chi connectivity index (χ1) is 13.1. The minimum absolute atomic E-state index is 0.0477. The summed E-state index contributed by atoms with van der Waals surface area (Å²) in [6.07, 6.45) is 5.32. The predicted molar refractivity (Wildman–Crippen MR) is 102 cm³/mol. The molecular weight excluding hydrogens is 366 g/mol. The number of carbonyl (C=O) groups excluding carboxylic acids is 1. The van der Waals surface area contributed by atoms with Crippen LogP contribution in [0.5, 0.6) is 0 Å². The molecule has 2 saturated carbocycles. The summed E-state index contributed by atoms with van der Waals surface area (Å²) in [6, 6.07) is 5.79. The molecule has 2 aliphatic carbocycles. The van der Waals surface area contributed by atoms with Gasteiger partial charge in [0.05, 0.1) is 6.61 Å². The summed E-state index contributed by atoms with van der Waals surface area (Å²) >= 11 is 6.02. The van der Waals surface area contributed by atoms with Crippen molar-refractivity contribution in [3.8, 4) is 0 Å². The minimum atomic E-state index is -0.0477. The molecule has 0 bridgehead atoms. The van der Waals surface area contributed by atoms with Gasteiger partial charge in [-0.25, -0.2) is 9.78 Å². The Labute approximate surface area is 163 Å². The van der Waals surface area contributed by atoms with E-state index in [1.54, 1.807) is 0 Å². The Morgan fingerprint density at radius 3 is 2.93 bits per heavy atom. The molecule has 1 saturated heterocycles. The second-order valence-electron chi connectivity index (χ2n) is 8.46. The van der Waals surface area contributed by atoms with E-state index in [1.807, 2.05) is 18.2 Å². The van der Waals surface area contributed by atoms with Crippen molar-refractivity contribution in [1.82, 2.24) is 15.6 Å². The number of halogens is 1. The topological polar surface area (TPSA) is 76.4 Å². The molecule has 1 aliphatic heterocycles. The van der Waals surface area contributed by atoms with Crippen molar-refractivity contribution in [1.29, 1.82) is 0 Å². The lowest BCUT2D eigenvalue weighted by Crippen LogP contribution is -2.57. The van der Waals surface area contributed by atoms with Crippen LogP contribution in [0.1, 0.15) is 43.9 Å². The first-order valence-electron chi connectivity index (χ1n) is 9.77. The van der Waals surface area contributed by atoms with Crippen molar-refractivity contribution in [3.05, 3.63) is 29.1 Å². The van der Waals surface area contributed by atoms with Gasteiger partial charge in [-0.15, -0.1) is 0 Å². The summed E-state index contributed by atoms with van der Waals surface area (Å²) in [5, 5.41) is 6.76. The van der Waals surface area contributed by atoms with Gasteiger partial charge in [0, 0.05) is 36.1 Å². The Bertz CT molecular complexity index is 847. The van der Waals surface area contributed by atoms with Gasteiger partial charge < -0.3 is 19.8 Å². The quantitative estimate of drug-likeness (QED) is 0.832. The van der Waals surface area contributed by atoms with Crippen LogP contribution in [0.3, 0.4) is 0 Å². The Hall–Kier alpha value is -1.79. The van der Waals surface area contributed by atoms with Gasteiger partial charge in [-0.1, -0.05) is 11.6 Å². The van der Waals surface area contributed by atoms with Crippen LogP contribution in [0, 0.1) is 11.3 Å². The maximum atomic E-state index is 12.0. The zero-order valence-electron chi connectivity index (χ0n) is 15.2. The molecule has 5 rings (SSSR count). The molecule has 1 unspecified atom stereocenters. The molecule has 144 valence electrons. The van der Waals surface area contributed by atoms with Crippen LogP contribution >= 0.6 is 11.6 Å². The van der Waals surface area contributed by atoms with E-state index in [2.05, 4.69) is 15.6 Å². The summed E-state index contributed by atoms with van der Waals surface area (Å²) in [7, 11) is 0. The molecule has 3 fully saturated rings. The van der Waals surface area contributed by atoms with Gasteiger partial charge in [-0.2, -0.15) is 0 Å². The van der Waals surface area contributed by atoms with Crippen LogP contribution in [0.25, 0.3) is 11.1 Å². The fourth-order valence-electron chi connectivity index (χ4n) is 4.89. The molecule has 6 nitrogen and oxygen atoms in total. The van der Waals surface area contributed by atoms with Crippen LogP contribution in [-0.4, -0.2) is 36.8 Å². The number of carbonyl (C=O) groups is 1. The van der Waals surface area contributed by atoms with E-state index in [-0.39, 0.29) is 12.1 Å². The van der Waals surface area contributed by atoms with Gasteiger partial charge in [-0.3, -0.25) is 0 Å². The van der Waals surface area contributed by atoms with E-state index >= 15 is 0 Å². The maximum Gasteiger partial charge on any atom is 0.315 e. The summed E-state index contributed by atoms with van der Waals surface area (Å²) in [5.41, 5.74) is 1.99. The van der Waals surface area contributed by atoms with Gasteiger partial charge >= 0.3 is 6.03 Å². The van der Waals surface area contributed by atoms with E-state index in [4.69, 9.17) is 20.8 Å². The summed E-state index contributed by atoms with van der Waals surface area (Å²) < 4.78 is 11.2. The first-order valence-corrected chi connectivity index (χ1v) is 10.1. The lowest BCUT2D eigenvalue weighted by Gasteiger charge is -2.57. The Morgan fingerprint density at radius 1 is 1.30 bits per heavy atom. The van der Waals surface area contributed by atoms with Crippen LogP contribution < -0.4 is 10.6 Å². The zero-order chi connectivity index (χ0) is 18.4. The molecule has 27 heavy (non-hydrogen) atoms. The number of hydrogen-bond acceptors (Lipinski definition) is 4. The van der Waals surface area contributed by atoms with Gasteiger partial charge in [-0.05, 0) is 55.7 Å². The molecule has 1 aromatic carbocycles. The van der Waals surface area contributed by atoms with Crippen molar-refractivity contribution in [3.63, 3.8) is 0 Å². The van der Waals surface area contributed by atoms with Gasteiger partial charge in [0.2, 0.25) is 0 Å². The maximum absolute atomic E-state index is 12.0. The number of oxazole rings is 1. The number of rotatable bonds is 4. The van der Waals surface area contributed by atoms with E-state index < -0.39 is 0 Å². The highest BCUT2D eigenvalue weighted by Crippen LogP contribution is 2.61. The lowest BCUT2D eigenvalue weighted by atomic mass is 9.50. The third-order valence-corrected chi connectivity index (χ3v) is 6.58. The van der Waals surface area contributed by atoms with Crippen molar-refractivity contribution >= 4 is 28.7 Å². The molecular formula is C20H24ClN3O3. The Balaban J connectivity index is 1.08. The van der Waals surface area contributed by atoms with Crippen LogP contribution in [-0.2, 0) is 4.74 Å². The number of fused-ring (bicyclic) bond motifs is 1. The molecule has 0 radical (unpaired) electrons. The van der Waals surface area contributed by atoms with Crippen molar-refractivity contribution in [2.75, 3.05) is 19.8 Å². The Morgan fingerprint density at radius 2 is 2.15 bits per heavy atom. The van der Waals surface area contributed by atoms with Gasteiger partial charge in [0.15, 0.2) is 11.5 Å². The van der Waals surface area contributed by atoms with E-state index in [1.165, 1.54) is 0 Å². The normalized spacial score (nSPS) is 32.3. The third kappa shape index (κ3) is 3.41. The zero-order valence-corrected chi connectivity index (χ0v) is 15.9. The SMILES string of the molecule is O=C(NCC1CCOC1)NC1CC2(C1)CC(c1nc3cc(Cl)ccc3o1)C2. The molecule has 1 atom stereocenters. The second-order valence-corrected chi connectivity index (χ2v) is 8.89. The molecule has 2 heterocycles. The number of ether oxygens (including phenoxy) is 1. The standard InChI is InChI=1S/C20H24ClN3O3/c21-14-1-2-17-16(5-14)24-18(27-17)13-6-20(7-13)8-15(9-20)23-19(25)22-10-12-3-4-26-11-12/h1-2,5,12-13,15H,3-4,6-11H2,(H2,22,23,25). The van der Waals surface area contributed by atoms with Crippen molar-refractivity contribution < 1.29 is 13.9 Å². The van der Waals surface area contributed by atoms with Gasteiger partial charge in [0.25, 0.3) is 0 Å². The van der Waals surface area contributed by atoms with Crippen molar-refractivity contribution in [2.45, 2.75) is 44.1 Å². The van der Waals surface area contributed by atoms with Crippen molar-refractivity contribution in [2.24, 2.45) is 11.3 Å². The third-order valence-electron chi connectivity index (χ3n) is 6.34. The molecule has 1 spiro atoms. The van der Waals surface area contributed by atoms with Crippen LogP contribution in [0.15, 0.2) is 22.6 Å². The number of nitrogens with zero attached hydrogens (tertiary/aromatic N) is 1. The molecule has 2 amide bonds. The molecule has 2 N–H and O–H groups in total. The number of amides is 2. The average Bonchev–Trinajstić information content (AvgIpc) is 3.22. The highest BCUT2D eigenvalue weighted by molar-refractivity contribution is 6.31. The molecule has 7 heteroatoms. The number of urea groups is 1. The fraction of sp³-hybridized carbons (Fsp3) is 0.600. The lowest BCUT2D eigenvalue weighted by molar-refractivity contribution is -0.0237. The average molecular weight is 390 g/mol. The van der Waals surface area contributed by atoms with Crippen LogP contribution in [0.4, 0.5) is 4.79 Å². The Kier molecular flexibility index (Phi) is 4.28. The summed E-state index contributed by atoms with van der Waals surface area (Å²) in [5.74, 6) is 1.67. The molecule has 2 aromatic rings.